The largest absolute Gasteiger partial charge is 0.354 e. The molecule has 2 rings (SSSR count). The van der Waals surface area contributed by atoms with E-state index >= 15 is 0 Å². The number of rotatable bonds is 2. The Morgan fingerprint density at radius 3 is 2.50 bits per heavy atom. The van der Waals surface area contributed by atoms with Gasteiger partial charge in [0, 0.05) is 10.2 Å². The highest BCUT2D eigenvalue weighted by Crippen LogP contribution is 2.25. The van der Waals surface area contributed by atoms with Crippen molar-refractivity contribution in [3.8, 4) is 6.07 Å². The van der Waals surface area contributed by atoms with Crippen LogP contribution in [0.25, 0.3) is 0 Å². The van der Waals surface area contributed by atoms with Crippen LogP contribution in [-0.2, 0) is 0 Å². The lowest BCUT2D eigenvalue weighted by Crippen LogP contribution is -1.95. The third-order valence-electron chi connectivity index (χ3n) is 2.62. The molecule has 90 valence electrons. The molecule has 0 fully saturated rings. The van der Waals surface area contributed by atoms with Gasteiger partial charge in [0.15, 0.2) is 0 Å². The Bertz CT molecular complexity index is 607. The molecule has 0 aliphatic carbocycles. The molecule has 1 N–H and O–H groups in total. The van der Waals surface area contributed by atoms with E-state index in [4.69, 9.17) is 5.26 Å². The summed E-state index contributed by atoms with van der Waals surface area (Å²) in [6.45, 7) is 4.05. The molecule has 2 aromatic carbocycles. The molecule has 2 nitrogen and oxygen atoms in total. The van der Waals surface area contributed by atoms with Crippen molar-refractivity contribution in [3.05, 3.63) is 57.6 Å². The van der Waals surface area contributed by atoms with Gasteiger partial charge in [-0.25, -0.2) is 0 Å². The molecule has 0 heterocycles. The second kappa shape index (κ2) is 5.24. The Balaban J connectivity index is 2.39. The number of nitriles is 1. The molecule has 3 heteroatoms. The lowest BCUT2D eigenvalue weighted by Gasteiger charge is -2.10. The maximum atomic E-state index is 9.10. The van der Waals surface area contributed by atoms with Crippen molar-refractivity contribution < 1.29 is 0 Å². The predicted molar refractivity (Wildman–Crippen MR) is 78.1 cm³/mol. The molecule has 0 atom stereocenters. The minimum Gasteiger partial charge on any atom is -0.354 e. The number of hydrogen-bond acceptors (Lipinski definition) is 2. The van der Waals surface area contributed by atoms with Gasteiger partial charge in [0.1, 0.15) is 6.07 Å². The van der Waals surface area contributed by atoms with Crippen LogP contribution in [-0.4, -0.2) is 0 Å². The summed E-state index contributed by atoms with van der Waals surface area (Å²) in [5.74, 6) is 0. The Morgan fingerprint density at radius 1 is 1.06 bits per heavy atom. The number of nitrogens with zero attached hydrogens (tertiary/aromatic N) is 1. The van der Waals surface area contributed by atoms with E-state index in [-0.39, 0.29) is 0 Å². The highest BCUT2D eigenvalue weighted by Gasteiger charge is 2.03. The van der Waals surface area contributed by atoms with E-state index in [1.54, 1.807) is 0 Å². The van der Waals surface area contributed by atoms with Crippen LogP contribution in [0.4, 0.5) is 11.4 Å². The molecule has 0 bridgehead atoms. The Labute approximate surface area is 115 Å². The topological polar surface area (TPSA) is 35.8 Å². The molecule has 0 aliphatic rings. The number of hydrogen-bond donors (Lipinski definition) is 1. The number of benzene rings is 2. The van der Waals surface area contributed by atoms with Gasteiger partial charge in [-0.15, -0.1) is 0 Å². The van der Waals surface area contributed by atoms with Crippen LogP contribution < -0.4 is 5.32 Å². The average Bonchev–Trinajstić information content (AvgIpc) is 2.27. The summed E-state index contributed by atoms with van der Waals surface area (Å²) in [5.41, 5.74) is 4.76. The smallest absolute Gasteiger partial charge is 0.101 e. The van der Waals surface area contributed by atoms with Crippen LogP contribution in [0.15, 0.2) is 40.9 Å². The fraction of sp³-hybridized carbons (Fsp3) is 0.133. The first-order valence-corrected chi connectivity index (χ1v) is 6.43. The summed E-state index contributed by atoms with van der Waals surface area (Å²) in [6.07, 6.45) is 0. The Hall–Kier alpha value is -1.79. The third kappa shape index (κ3) is 2.91. The molecule has 0 aliphatic heterocycles. The molecule has 0 spiro atoms. The normalized spacial score (nSPS) is 9.89. The van der Waals surface area contributed by atoms with Crippen molar-refractivity contribution in [2.45, 2.75) is 13.8 Å². The first-order chi connectivity index (χ1) is 8.58. The first-order valence-electron chi connectivity index (χ1n) is 5.63. The molecule has 0 aromatic heterocycles. The van der Waals surface area contributed by atoms with Crippen LogP contribution in [0, 0.1) is 25.2 Å². The molecule has 0 unspecified atom stereocenters. The van der Waals surface area contributed by atoms with Crippen LogP contribution in [0.5, 0.6) is 0 Å². The van der Waals surface area contributed by atoms with E-state index in [0.717, 1.165) is 27.0 Å². The molecular formula is C15H13BrN2. The van der Waals surface area contributed by atoms with E-state index in [0.29, 0.717) is 5.56 Å². The summed E-state index contributed by atoms with van der Waals surface area (Å²) in [4.78, 5) is 0. The van der Waals surface area contributed by atoms with Crippen molar-refractivity contribution in [2.24, 2.45) is 0 Å². The third-order valence-corrected chi connectivity index (χ3v) is 3.07. The van der Waals surface area contributed by atoms with Crippen LogP contribution >= 0.6 is 15.9 Å². The summed E-state index contributed by atoms with van der Waals surface area (Å²) >= 11 is 3.47. The number of nitrogens with one attached hydrogen (secondary N) is 1. The van der Waals surface area contributed by atoms with Gasteiger partial charge in [-0.3, -0.25) is 0 Å². The molecule has 0 radical (unpaired) electrons. The fourth-order valence-corrected chi connectivity index (χ4v) is 2.43. The second-order valence-electron chi connectivity index (χ2n) is 4.30. The molecule has 0 amide bonds. The fourth-order valence-electron chi connectivity index (χ4n) is 1.82. The Kier molecular flexibility index (Phi) is 3.69. The van der Waals surface area contributed by atoms with Gasteiger partial charge < -0.3 is 5.32 Å². The van der Waals surface area contributed by atoms with Gasteiger partial charge in [0.2, 0.25) is 0 Å². The minimum absolute atomic E-state index is 0.651. The molecule has 2 aromatic rings. The van der Waals surface area contributed by atoms with Gasteiger partial charge in [0.25, 0.3) is 0 Å². The zero-order chi connectivity index (χ0) is 13.1. The monoisotopic (exact) mass is 300 g/mol. The summed E-state index contributed by atoms with van der Waals surface area (Å²) < 4.78 is 1.02. The van der Waals surface area contributed by atoms with Crippen molar-refractivity contribution >= 4 is 27.3 Å². The molecule has 18 heavy (non-hydrogen) atoms. The summed E-state index contributed by atoms with van der Waals surface area (Å²) in [7, 11) is 0. The Morgan fingerprint density at radius 2 is 1.83 bits per heavy atom. The van der Waals surface area contributed by atoms with E-state index < -0.39 is 0 Å². The molecular weight excluding hydrogens is 288 g/mol. The van der Waals surface area contributed by atoms with E-state index in [1.807, 2.05) is 50.2 Å². The number of anilines is 2. The first kappa shape index (κ1) is 12.7. The van der Waals surface area contributed by atoms with Crippen molar-refractivity contribution in [1.29, 1.82) is 5.26 Å². The van der Waals surface area contributed by atoms with E-state index in [2.05, 4.69) is 27.3 Å². The van der Waals surface area contributed by atoms with Gasteiger partial charge in [-0.2, -0.15) is 5.26 Å². The predicted octanol–water partition coefficient (Wildman–Crippen LogP) is 4.68. The second-order valence-corrected chi connectivity index (χ2v) is 5.22. The van der Waals surface area contributed by atoms with E-state index in [9.17, 15) is 0 Å². The van der Waals surface area contributed by atoms with E-state index in [1.165, 1.54) is 0 Å². The highest BCUT2D eigenvalue weighted by molar-refractivity contribution is 9.10. The summed E-state index contributed by atoms with van der Waals surface area (Å²) in [6, 6.07) is 14.0. The van der Waals surface area contributed by atoms with Crippen LogP contribution in [0.2, 0.25) is 0 Å². The summed E-state index contributed by atoms with van der Waals surface area (Å²) in [5, 5.41) is 12.4. The van der Waals surface area contributed by atoms with Crippen LogP contribution in [0.1, 0.15) is 16.7 Å². The SMILES string of the molecule is Cc1cc(Br)cc(Nc2cc(C)ccc2C#N)c1. The minimum atomic E-state index is 0.651. The van der Waals surface area contributed by atoms with Crippen molar-refractivity contribution in [3.63, 3.8) is 0 Å². The van der Waals surface area contributed by atoms with Gasteiger partial charge in [-0.1, -0.05) is 22.0 Å². The zero-order valence-corrected chi connectivity index (χ0v) is 11.9. The van der Waals surface area contributed by atoms with Crippen LogP contribution in [0.3, 0.4) is 0 Å². The van der Waals surface area contributed by atoms with Crippen molar-refractivity contribution in [1.82, 2.24) is 0 Å². The lowest BCUT2D eigenvalue weighted by molar-refractivity contribution is 1.39. The van der Waals surface area contributed by atoms with Gasteiger partial charge in [-0.05, 0) is 55.3 Å². The van der Waals surface area contributed by atoms with Gasteiger partial charge >= 0.3 is 0 Å². The molecule has 0 saturated carbocycles. The standard InChI is InChI=1S/C15H13BrN2/c1-10-3-4-12(9-17)15(7-10)18-14-6-11(2)5-13(16)8-14/h3-8,18H,1-2H3. The zero-order valence-electron chi connectivity index (χ0n) is 10.3. The molecule has 0 saturated heterocycles. The maximum Gasteiger partial charge on any atom is 0.101 e. The number of aryl methyl sites for hydroxylation is 2. The lowest BCUT2D eigenvalue weighted by atomic mass is 10.1. The highest BCUT2D eigenvalue weighted by atomic mass is 79.9. The maximum absolute atomic E-state index is 9.10. The van der Waals surface area contributed by atoms with Crippen molar-refractivity contribution in [2.75, 3.05) is 5.32 Å². The van der Waals surface area contributed by atoms with Gasteiger partial charge in [0.05, 0.1) is 11.3 Å². The average molecular weight is 301 g/mol. The quantitative estimate of drug-likeness (QED) is 0.874. The number of halogens is 1.